The number of hydrogen-bond acceptors (Lipinski definition) is 2. The van der Waals surface area contributed by atoms with Gasteiger partial charge in [-0.25, -0.2) is 0 Å². The van der Waals surface area contributed by atoms with Crippen molar-refractivity contribution in [3.05, 3.63) is 35.9 Å². The molecule has 1 atom stereocenters. The quantitative estimate of drug-likeness (QED) is 0.691. The van der Waals surface area contributed by atoms with E-state index in [2.05, 4.69) is 0 Å². The van der Waals surface area contributed by atoms with Crippen molar-refractivity contribution in [2.24, 2.45) is 5.41 Å². The minimum absolute atomic E-state index is 0.106. The lowest BCUT2D eigenvalue weighted by atomic mass is 9.81. The first kappa shape index (κ1) is 10.1. The first-order chi connectivity index (χ1) is 7.12. The highest BCUT2D eigenvalue weighted by Crippen LogP contribution is 2.38. The van der Waals surface area contributed by atoms with E-state index >= 15 is 0 Å². The van der Waals surface area contributed by atoms with Crippen LogP contribution >= 0.6 is 0 Å². The number of rotatable bonds is 2. The summed E-state index contributed by atoms with van der Waals surface area (Å²) in [6.45, 7) is 1.90. The van der Waals surface area contributed by atoms with Crippen LogP contribution in [0.4, 0.5) is 0 Å². The van der Waals surface area contributed by atoms with E-state index in [-0.39, 0.29) is 11.6 Å². The Hall–Kier alpha value is -1.44. The van der Waals surface area contributed by atoms with Crippen LogP contribution in [0.25, 0.3) is 0 Å². The van der Waals surface area contributed by atoms with E-state index in [1.165, 1.54) is 0 Å². The Bertz CT molecular complexity index is 394. The van der Waals surface area contributed by atoms with Gasteiger partial charge in [0.05, 0.1) is 0 Å². The van der Waals surface area contributed by atoms with Gasteiger partial charge in [-0.15, -0.1) is 0 Å². The van der Waals surface area contributed by atoms with E-state index in [1.807, 2.05) is 37.3 Å². The van der Waals surface area contributed by atoms with Gasteiger partial charge in [-0.1, -0.05) is 37.3 Å². The smallest absolute Gasteiger partial charge is 0.169 e. The van der Waals surface area contributed by atoms with Crippen molar-refractivity contribution in [2.75, 3.05) is 0 Å². The van der Waals surface area contributed by atoms with Crippen molar-refractivity contribution in [3.8, 4) is 0 Å². The van der Waals surface area contributed by atoms with Crippen molar-refractivity contribution in [3.63, 3.8) is 0 Å². The van der Waals surface area contributed by atoms with Gasteiger partial charge < -0.3 is 0 Å². The fourth-order valence-electron chi connectivity index (χ4n) is 2.16. The van der Waals surface area contributed by atoms with Crippen molar-refractivity contribution in [2.45, 2.75) is 26.2 Å². The summed E-state index contributed by atoms with van der Waals surface area (Å²) in [7, 11) is 0. The highest BCUT2D eigenvalue weighted by atomic mass is 16.1. The van der Waals surface area contributed by atoms with Gasteiger partial charge in [-0.2, -0.15) is 0 Å². The summed E-state index contributed by atoms with van der Waals surface area (Å²) < 4.78 is 0. The van der Waals surface area contributed by atoms with E-state index in [9.17, 15) is 9.59 Å². The third kappa shape index (κ3) is 1.84. The molecule has 1 fully saturated rings. The minimum Gasteiger partial charge on any atom is -0.300 e. The maximum absolute atomic E-state index is 12.2. The van der Waals surface area contributed by atoms with Crippen LogP contribution in [0.15, 0.2) is 30.3 Å². The SMILES string of the molecule is CC1(C(=O)c2ccccc2)CCC(=O)C1. The maximum Gasteiger partial charge on any atom is 0.169 e. The van der Waals surface area contributed by atoms with Crippen molar-refractivity contribution < 1.29 is 9.59 Å². The van der Waals surface area contributed by atoms with Crippen LogP contribution in [0.3, 0.4) is 0 Å². The third-order valence-corrected chi connectivity index (χ3v) is 3.13. The van der Waals surface area contributed by atoms with Crippen LogP contribution in [-0.2, 0) is 4.79 Å². The first-order valence-electron chi connectivity index (χ1n) is 5.23. The van der Waals surface area contributed by atoms with E-state index < -0.39 is 5.41 Å². The molecule has 1 unspecified atom stereocenters. The van der Waals surface area contributed by atoms with Crippen molar-refractivity contribution in [1.29, 1.82) is 0 Å². The molecular weight excluding hydrogens is 188 g/mol. The van der Waals surface area contributed by atoms with Gasteiger partial charge in [-0.3, -0.25) is 9.59 Å². The average molecular weight is 202 g/mol. The molecule has 0 spiro atoms. The predicted octanol–water partition coefficient (Wildman–Crippen LogP) is 2.63. The van der Waals surface area contributed by atoms with E-state index in [4.69, 9.17) is 0 Å². The predicted molar refractivity (Wildman–Crippen MR) is 57.7 cm³/mol. The van der Waals surface area contributed by atoms with Crippen LogP contribution < -0.4 is 0 Å². The van der Waals surface area contributed by atoms with E-state index in [1.54, 1.807) is 0 Å². The summed E-state index contributed by atoms with van der Waals surface area (Å²) in [4.78, 5) is 23.4. The Kier molecular flexibility index (Phi) is 2.43. The fourth-order valence-corrected chi connectivity index (χ4v) is 2.16. The second-order valence-corrected chi connectivity index (χ2v) is 4.47. The average Bonchev–Trinajstić information content (AvgIpc) is 2.60. The van der Waals surface area contributed by atoms with Gasteiger partial charge in [0.1, 0.15) is 5.78 Å². The monoisotopic (exact) mass is 202 g/mol. The summed E-state index contributed by atoms with van der Waals surface area (Å²) in [6, 6.07) is 9.23. The standard InChI is InChI=1S/C13H14O2/c1-13(8-7-11(14)9-13)12(15)10-5-3-2-4-6-10/h2-6H,7-9H2,1H3. The molecule has 2 heteroatoms. The van der Waals surface area contributed by atoms with Gasteiger partial charge in [0.25, 0.3) is 0 Å². The topological polar surface area (TPSA) is 34.1 Å². The number of benzene rings is 1. The number of Topliss-reactive ketones (excluding diaryl/α,β-unsaturated/α-hetero) is 2. The van der Waals surface area contributed by atoms with Crippen LogP contribution in [0.5, 0.6) is 0 Å². The number of carbonyl (C=O) groups is 2. The summed E-state index contributed by atoms with van der Waals surface area (Å²) in [6.07, 6.45) is 1.65. The van der Waals surface area contributed by atoms with Crippen molar-refractivity contribution >= 4 is 11.6 Å². The van der Waals surface area contributed by atoms with Gasteiger partial charge in [-0.05, 0) is 6.42 Å². The summed E-state index contributed by atoms with van der Waals surface area (Å²) in [5, 5.41) is 0. The van der Waals surface area contributed by atoms with Gasteiger partial charge in [0, 0.05) is 23.8 Å². The Labute approximate surface area is 89.3 Å². The van der Waals surface area contributed by atoms with Crippen molar-refractivity contribution in [1.82, 2.24) is 0 Å². The van der Waals surface area contributed by atoms with E-state index in [0.717, 1.165) is 5.56 Å². The molecule has 0 amide bonds. The molecule has 0 aromatic heterocycles. The molecule has 1 aromatic rings. The lowest BCUT2D eigenvalue weighted by Gasteiger charge is -2.20. The fraction of sp³-hybridized carbons (Fsp3) is 0.385. The zero-order valence-electron chi connectivity index (χ0n) is 8.82. The molecule has 0 bridgehead atoms. The molecule has 1 saturated carbocycles. The minimum atomic E-state index is -0.460. The number of ketones is 2. The van der Waals surface area contributed by atoms with Crippen LogP contribution in [0.1, 0.15) is 36.5 Å². The third-order valence-electron chi connectivity index (χ3n) is 3.13. The molecule has 0 aliphatic heterocycles. The zero-order chi connectivity index (χ0) is 10.9. The molecule has 0 saturated heterocycles. The molecular formula is C13H14O2. The Morgan fingerprint density at radius 2 is 1.93 bits per heavy atom. The number of hydrogen-bond donors (Lipinski definition) is 0. The molecule has 1 aromatic carbocycles. The van der Waals surface area contributed by atoms with Crippen LogP contribution in [0.2, 0.25) is 0 Å². The first-order valence-corrected chi connectivity index (χ1v) is 5.23. The Morgan fingerprint density at radius 1 is 1.27 bits per heavy atom. The lowest BCUT2D eigenvalue weighted by molar-refractivity contribution is -0.117. The maximum atomic E-state index is 12.2. The highest BCUT2D eigenvalue weighted by molar-refractivity contribution is 6.04. The molecule has 2 nitrogen and oxygen atoms in total. The zero-order valence-corrected chi connectivity index (χ0v) is 8.82. The molecule has 1 aliphatic rings. The number of carbonyl (C=O) groups excluding carboxylic acids is 2. The highest BCUT2D eigenvalue weighted by Gasteiger charge is 2.40. The molecule has 78 valence electrons. The Balaban J connectivity index is 2.25. The Morgan fingerprint density at radius 3 is 2.47 bits per heavy atom. The lowest BCUT2D eigenvalue weighted by Crippen LogP contribution is -2.24. The molecule has 2 rings (SSSR count). The summed E-state index contributed by atoms with van der Waals surface area (Å²) in [5.74, 6) is 0.315. The van der Waals surface area contributed by atoms with Gasteiger partial charge in [0.15, 0.2) is 5.78 Å². The molecule has 1 aliphatic carbocycles. The van der Waals surface area contributed by atoms with Gasteiger partial charge in [0.2, 0.25) is 0 Å². The molecule has 0 heterocycles. The summed E-state index contributed by atoms with van der Waals surface area (Å²) in [5.41, 5.74) is 0.257. The molecule has 0 N–H and O–H groups in total. The molecule has 0 radical (unpaired) electrons. The second-order valence-electron chi connectivity index (χ2n) is 4.47. The van der Waals surface area contributed by atoms with Crippen LogP contribution in [0, 0.1) is 5.41 Å². The summed E-state index contributed by atoms with van der Waals surface area (Å²) >= 11 is 0. The normalized spacial score (nSPS) is 25.5. The largest absolute Gasteiger partial charge is 0.300 e. The van der Waals surface area contributed by atoms with Gasteiger partial charge >= 0.3 is 0 Å². The molecule has 15 heavy (non-hydrogen) atoms. The van der Waals surface area contributed by atoms with E-state index in [0.29, 0.717) is 19.3 Å². The van der Waals surface area contributed by atoms with Crippen LogP contribution in [-0.4, -0.2) is 11.6 Å². The second kappa shape index (κ2) is 3.61.